The van der Waals surface area contributed by atoms with Gasteiger partial charge in [-0.05, 0) is 44.4 Å². The Hall–Kier alpha value is -0.560. The molecule has 0 aliphatic rings. The minimum atomic E-state index is 0.383. The highest BCUT2D eigenvalue weighted by Crippen LogP contribution is 2.36. The van der Waals surface area contributed by atoms with Crippen LogP contribution in [0.15, 0.2) is 22.0 Å². The molecule has 2 aromatic rings. The number of halogens is 2. The van der Waals surface area contributed by atoms with Crippen LogP contribution in [0.25, 0.3) is 10.1 Å². The van der Waals surface area contributed by atoms with E-state index in [0.717, 1.165) is 20.1 Å². The quantitative estimate of drug-likeness (QED) is 0.763. The summed E-state index contributed by atoms with van der Waals surface area (Å²) in [7, 11) is 0. The Morgan fingerprint density at radius 2 is 2.36 bits per heavy atom. The van der Waals surface area contributed by atoms with E-state index in [1.165, 1.54) is 0 Å². The molecule has 0 saturated heterocycles. The number of nitriles is 1. The van der Waals surface area contributed by atoms with Gasteiger partial charge in [0.2, 0.25) is 0 Å². The number of hydrogen-bond donors (Lipinski definition) is 0. The third kappa shape index (κ3) is 1.54. The van der Waals surface area contributed by atoms with Crippen molar-refractivity contribution in [3.05, 3.63) is 32.6 Å². The van der Waals surface area contributed by atoms with Gasteiger partial charge in [-0.1, -0.05) is 11.6 Å². The zero-order valence-electron chi connectivity index (χ0n) is 7.05. The van der Waals surface area contributed by atoms with Gasteiger partial charge in [-0.25, -0.2) is 0 Å². The smallest absolute Gasteiger partial charge is 0.0670 e. The molecule has 0 N–H and O–H groups in total. The fourth-order valence-corrected chi connectivity index (χ4v) is 2.99. The van der Waals surface area contributed by atoms with E-state index < -0.39 is 0 Å². The number of rotatable bonds is 1. The normalized spacial score (nSPS) is 10.4. The Kier molecular flexibility index (Phi) is 2.78. The van der Waals surface area contributed by atoms with E-state index in [1.807, 2.05) is 17.5 Å². The maximum absolute atomic E-state index is 8.72. The summed E-state index contributed by atoms with van der Waals surface area (Å²) in [6.45, 7) is 0. The van der Waals surface area contributed by atoms with Crippen LogP contribution in [-0.4, -0.2) is 0 Å². The van der Waals surface area contributed by atoms with Crippen LogP contribution in [0.3, 0.4) is 0 Å². The predicted molar refractivity (Wildman–Crippen MR) is 63.9 cm³/mol. The van der Waals surface area contributed by atoms with Crippen LogP contribution in [0.4, 0.5) is 0 Å². The van der Waals surface area contributed by atoms with E-state index in [0.29, 0.717) is 11.4 Å². The molecule has 1 heterocycles. The zero-order valence-corrected chi connectivity index (χ0v) is 10.2. The molecule has 0 unspecified atom stereocenters. The highest BCUT2D eigenvalue weighted by molar-refractivity contribution is 9.10. The monoisotopic (exact) mass is 285 g/mol. The molecule has 0 fully saturated rings. The highest BCUT2D eigenvalue weighted by Gasteiger charge is 2.10. The first-order chi connectivity index (χ1) is 6.74. The third-order valence-electron chi connectivity index (χ3n) is 2.01. The van der Waals surface area contributed by atoms with Gasteiger partial charge >= 0.3 is 0 Å². The van der Waals surface area contributed by atoms with Crippen molar-refractivity contribution in [2.24, 2.45) is 0 Å². The first kappa shape index (κ1) is 9.97. The first-order valence-electron chi connectivity index (χ1n) is 3.95. The van der Waals surface area contributed by atoms with Crippen molar-refractivity contribution in [2.75, 3.05) is 0 Å². The molecule has 0 bridgehead atoms. The van der Waals surface area contributed by atoms with Crippen molar-refractivity contribution in [3.8, 4) is 6.07 Å². The Balaban J connectivity index is 2.81. The summed E-state index contributed by atoms with van der Waals surface area (Å²) in [5.41, 5.74) is 0.983. The van der Waals surface area contributed by atoms with E-state index in [2.05, 4.69) is 22.0 Å². The molecule has 0 radical (unpaired) electrons. The molecule has 1 aromatic heterocycles. The molecule has 2 rings (SSSR count). The molecule has 1 nitrogen and oxygen atoms in total. The summed E-state index contributed by atoms with van der Waals surface area (Å²) in [5, 5.41) is 12.5. The van der Waals surface area contributed by atoms with Crippen molar-refractivity contribution >= 4 is 49.0 Å². The van der Waals surface area contributed by atoms with Crippen LogP contribution < -0.4 is 0 Å². The van der Waals surface area contributed by atoms with Gasteiger partial charge in [-0.2, -0.15) is 5.26 Å². The van der Waals surface area contributed by atoms with Crippen molar-refractivity contribution in [3.63, 3.8) is 0 Å². The summed E-state index contributed by atoms with van der Waals surface area (Å²) in [6, 6.07) is 6.09. The van der Waals surface area contributed by atoms with Crippen LogP contribution >= 0.6 is 38.9 Å². The van der Waals surface area contributed by atoms with Gasteiger partial charge in [0.05, 0.1) is 17.5 Å². The van der Waals surface area contributed by atoms with Crippen LogP contribution in [0.5, 0.6) is 0 Å². The van der Waals surface area contributed by atoms with E-state index >= 15 is 0 Å². The minimum Gasteiger partial charge on any atom is -0.198 e. The molecule has 0 atom stereocenters. The number of fused-ring (bicyclic) bond motifs is 1. The third-order valence-corrected chi connectivity index (χ3v) is 4.30. The molecule has 1 aromatic carbocycles. The van der Waals surface area contributed by atoms with Gasteiger partial charge in [0, 0.05) is 9.17 Å². The van der Waals surface area contributed by atoms with Gasteiger partial charge in [0.15, 0.2) is 0 Å². The van der Waals surface area contributed by atoms with E-state index in [9.17, 15) is 0 Å². The van der Waals surface area contributed by atoms with E-state index in [1.54, 1.807) is 11.3 Å². The average Bonchev–Trinajstić information content (AvgIpc) is 2.60. The molecule has 0 aliphatic carbocycles. The van der Waals surface area contributed by atoms with E-state index in [4.69, 9.17) is 16.9 Å². The molecule has 0 amide bonds. The molecule has 4 heteroatoms. The van der Waals surface area contributed by atoms with Crippen LogP contribution in [0.2, 0.25) is 5.02 Å². The lowest BCUT2D eigenvalue weighted by molar-refractivity contribution is 1.27. The number of thiophene rings is 1. The highest BCUT2D eigenvalue weighted by atomic mass is 79.9. The summed E-state index contributed by atoms with van der Waals surface area (Å²) in [6.07, 6.45) is 0.383. The SMILES string of the molecule is N#CCc1c(Br)c(Cl)cc2sccc12. The number of nitrogens with zero attached hydrogens (tertiary/aromatic N) is 1. The summed E-state index contributed by atoms with van der Waals surface area (Å²) in [5.74, 6) is 0. The Morgan fingerprint density at radius 1 is 1.57 bits per heavy atom. The second kappa shape index (κ2) is 3.90. The van der Waals surface area contributed by atoms with Crippen LogP contribution in [0.1, 0.15) is 5.56 Å². The first-order valence-corrected chi connectivity index (χ1v) is 6.00. The van der Waals surface area contributed by atoms with E-state index in [-0.39, 0.29) is 0 Å². The number of benzene rings is 1. The second-order valence-electron chi connectivity index (χ2n) is 2.82. The number of hydrogen-bond acceptors (Lipinski definition) is 2. The fourth-order valence-electron chi connectivity index (χ4n) is 1.37. The minimum absolute atomic E-state index is 0.383. The van der Waals surface area contributed by atoms with Crippen molar-refractivity contribution in [1.82, 2.24) is 0 Å². The predicted octanol–water partition coefficient (Wildman–Crippen LogP) is 4.38. The lowest BCUT2D eigenvalue weighted by atomic mass is 10.1. The van der Waals surface area contributed by atoms with Crippen molar-refractivity contribution < 1.29 is 0 Å². The molecule has 0 spiro atoms. The molecule has 0 aliphatic heterocycles. The largest absolute Gasteiger partial charge is 0.198 e. The van der Waals surface area contributed by atoms with Crippen LogP contribution in [0, 0.1) is 11.3 Å². The Labute approximate surface area is 99.0 Å². The Bertz CT molecular complexity index is 527. The van der Waals surface area contributed by atoms with Gasteiger partial charge in [0.1, 0.15) is 0 Å². The zero-order chi connectivity index (χ0) is 10.1. The molecule has 70 valence electrons. The molecular formula is C10H5BrClNS. The van der Waals surface area contributed by atoms with Gasteiger partial charge in [-0.15, -0.1) is 11.3 Å². The maximum Gasteiger partial charge on any atom is 0.0670 e. The van der Waals surface area contributed by atoms with Gasteiger partial charge in [-0.3, -0.25) is 0 Å². The second-order valence-corrected chi connectivity index (χ2v) is 4.97. The molecule has 0 saturated carbocycles. The van der Waals surface area contributed by atoms with Gasteiger partial charge < -0.3 is 0 Å². The summed E-state index contributed by atoms with van der Waals surface area (Å²) < 4.78 is 1.97. The van der Waals surface area contributed by atoms with Gasteiger partial charge in [0.25, 0.3) is 0 Å². The Morgan fingerprint density at radius 3 is 3.07 bits per heavy atom. The molecular weight excluding hydrogens is 282 g/mol. The lowest BCUT2D eigenvalue weighted by Gasteiger charge is -2.04. The summed E-state index contributed by atoms with van der Waals surface area (Å²) in [4.78, 5) is 0. The van der Waals surface area contributed by atoms with Crippen molar-refractivity contribution in [1.29, 1.82) is 5.26 Å². The average molecular weight is 287 g/mol. The summed E-state index contributed by atoms with van der Waals surface area (Å²) >= 11 is 11.1. The topological polar surface area (TPSA) is 23.8 Å². The lowest BCUT2D eigenvalue weighted by Crippen LogP contribution is -1.85. The standard InChI is InChI=1S/C10H5BrClNS/c11-10-7(1-3-13)6-2-4-14-9(6)5-8(10)12/h2,4-5H,1H2. The van der Waals surface area contributed by atoms with Crippen molar-refractivity contribution in [2.45, 2.75) is 6.42 Å². The molecule has 14 heavy (non-hydrogen) atoms. The fraction of sp³-hybridized carbons (Fsp3) is 0.100. The maximum atomic E-state index is 8.72. The van der Waals surface area contributed by atoms with Crippen LogP contribution in [-0.2, 0) is 6.42 Å².